The monoisotopic (exact) mass is 313 g/mol. The normalized spacial score (nSPS) is 28.2. The van der Waals surface area contributed by atoms with Gasteiger partial charge in [-0.05, 0) is 18.4 Å². The fraction of sp³-hybridized carbons (Fsp3) is 0.562. The molecule has 1 aliphatic rings. The molecule has 2 unspecified atom stereocenters. The molecular weight excluding hydrogens is 293 g/mol. The van der Waals surface area contributed by atoms with Crippen molar-refractivity contribution in [2.75, 3.05) is 12.4 Å². The van der Waals surface area contributed by atoms with Crippen molar-refractivity contribution in [3.63, 3.8) is 0 Å². The summed E-state index contributed by atoms with van der Waals surface area (Å²) < 4.78 is 0. The Hall–Kier alpha value is -0.730. The first kappa shape index (κ1) is 15.7. The van der Waals surface area contributed by atoms with E-state index in [1.165, 1.54) is 0 Å². The van der Waals surface area contributed by atoms with Gasteiger partial charge in [-0.25, -0.2) is 0 Å². The zero-order valence-electron chi connectivity index (χ0n) is 12.1. The Kier molecular flexibility index (Phi) is 4.66. The topological polar surface area (TPSA) is 20.3 Å². The van der Waals surface area contributed by atoms with Gasteiger partial charge in [0.25, 0.3) is 0 Å². The lowest BCUT2D eigenvalue weighted by molar-refractivity contribution is -0.132. The van der Waals surface area contributed by atoms with E-state index in [0.29, 0.717) is 12.4 Å². The molecule has 1 saturated heterocycles. The lowest BCUT2D eigenvalue weighted by atomic mass is 9.85. The molecule has 0 aromatic heterocycles. The van der Waals surface area contributed by atoms with Gasteiger partial charge in [0.15, 0.2) is 0 Å². The fourth-order valence-corrected chi connectivity index (χ4v) is 3.65. The summed E-state index contributed by atoms with van der Waals surface area (Å²) in [4.78, 5) is 13.8. The molecule has 0 N–H and O–H groups in total. The average Bonchev–Trinajstić information content (AvgIpc) is 2.72. The first-order chi connectivity index (χ1) is 9.42. The van der Waals surface area contributed by atoms with E-state index in [-0.39, 0.29) is 23.8 Å². The third-order valence-electron chi connectivity index (χ3n) is 4.38. The smallest absolute Gasteiger partial charge is 0.244 e. The van der Waals surface area contributed by atoms with Crippen LogP contribution in [0, 0.1) is 11.8 Å². The number of halogens is 2. The Labute approximate surface area is 131 Å². The van der Waals surface area contributed by atoms with E-state index in [4.69, 9.17) is 23.2 Å². The van der Waals surface area contributed by atoms with Gasteiger partial charge >= 0.3 is 0 Å². The average molecular weight is 314 g/mol. The molecule has 1 heterocycles. The van der Waals surface area contributed by atoms with E-state index in [2.05, 4.69) is 0 Å². The molecule has 3 atom stereocenters. The minimum atomic E-state index is -0.870. The zero-order chi connectivity index (χ0) is 14.9. The Balaban J connectivity index is 2.29. The number of nitrogens with zero attached hydrogens (tertiary/aromatic N) is 1. The van der Waals surface area contributed by atoms with Gasteiger partial charge in [0.2, 0.25) is 5.91 Å². The Bertz CT molecular complexity index is 477. The molecule has 0 saturated carbocycles. The van der Waals surface area contributed by atoms with Gasteiger partial charge in [0.1, 0.15) is 4.87 Å². The number of amides is 1. The second kappa shape index (κ2) is 5.95. The van der Waals surface area contributed by atoms with Crippen LogP contribution in [-0.2, 0) is 4.79 Å². The number of hydrogen-bond acceptors (Lipinski definition) is 1. The first-order valence-electron chi connectivity index (χ1n) is 7.03. The van der Waals surface area contributed by atoms with Crippen LogP contribution in [0.1, 0.15) is 32.4 Å². The molecule has 0 aliphatic carbocycles. The van der Waals surface area contributed by atoms with Crippen LogP contribution in [0.25, 0.3) is 0 Å². The summed E-state index contributed by atoms with van der Waals surface area (Å²) in [5.41, 5.74) is 1.12. The highest BCUT2D eigenvalue weighted by Gasteiger charge is 2.55. The lowest BCUT2D eigenvalue weighted by Crippen LogP contribution is -2.43. The van der Waals surface area contributed by atoms with Crippen molar-refractivity contribution in [3.8, 4) is 0 Å². The maximum Gasteiger partial charge on any atom is 0.244 e. The zero-order valence-corrected chi connectivity index (χ0v) is 13.7. The maximum atomic E-state index is 12.8. The summed E-state index contributed by atoms with van der Waals surface area (Å²) in [6.45, 7) is 6.64. The SMILES string of the molecule is CC(C)C1(Cl)C(=O)N([C@H](C)c2ccccc2)CC1CCl. The van der Waals surface area contributed by atoms with E-state index in [0.717, 1.165) is 5.56 Å². The predicted octanol–water partition coefficient (Wildman–Crippen LogP) is 4.08. The van der Waals surface area contributed by atoms with Crippen LogP contribution in [0.4, 0.5) is 0 Å². The van der Waals surface area contributed by atoms with Crippen LogP contribution in [0.15, 0.2) is 30.3 Å². The van der Waals surface area contributed by atoms with Crippen LogP contribution in [0.2, 0.25) is 0 Å². The lowest BCUT2D eigenvalue weighted by Gasteiger charge is -2.30. The second-order valence-electron chi connectivity index (χ2n) is 5.82. The number of likely N-dealkylation sites (tertiary alicyclic amines) is 1. The van der Waals surface area contributed by atoms with Gasteiger partial charge in [0.05, 0.1) is 6.04 Å². The molecule has 2 nitrogen and oxygen atoms in total. The van der Waals surface area contributed by atoms with E-state index < -0.39 is 4.87 Å². The summed E-state index contributed by atoms with van der Waals surface area (Å²) in [6, 6.07) is 10.1. The Morgan fingerprint density at radius 1 is 1.30 bits per heavy atom. The van der Waals surface area contributed by atoms with Gasteiger partial charge in [-0.3, -0.25) is 4.79 Å². The van der Waals surface area contributed by atoms with Crippen LogP contribution < -0.4 is 0 Å². The van der Waals surface area contributed by atoms with Crippen LogP contribution in [0.5, 0.6) is 0 Å². The van der Waals surface area contributed by atoms with Gasteiger partial charge in [-0.2, -0.15) is 0 Å². The van der Waals surface area contributed by atoms with E-state index in [1.54, 1.807) is 0 Å². The molecule has 4 heteroatoms. The first-order valence-corrected chi connectivity index (χ1v) is 7.95. The van der Waals surface area contributed by atoms with Gasteiger partial charge in [-0.15, -0.1) is 23.2 Å². The molecule has 1 aromatic carbocycles. The van der Waals surface area contributed by atoms with Crippen molar-refractivity contribution >= 4 is 29.1 Å². The highest BCUT2D eigenvalue weighted by atomic mass is 35.5. The highest BCUT2D eigenvalue weighted by molar-refractivity contribution is 6.36. The molecule has 0 bridgehead atoms. The third kappa shape index (κ3) is 2.44. The van der Waals surface area contributed by atoms with Crippen molar-refractivity contribution in [2.45, 2.75) is 31.7 Å². The van der Waals surface area contributed by atoms with E-state index in [1.807, 2.05) is 56.0 Å². The van der Waals surface area contributed by atoms with Crippen LogP contribution >= 0.6 is 23.2 Å². The number of alkyl halides is 2. The maximum absolute atomic E-state index is 12.8. The van der Waals surface area contributed by atoms with Crippen molar-refractivity contribution in [1.82, 2.24) is 4.90 Å². The summed E-state index contributed by atoms with van der Waals surface area (Å²) >= 11 is 12.7. The number of carbonyl (C=O) groups excluding carboxylic acids is 1. The van der Waals surface area contributed by atoms with Crippen molar-refractivity contribution < 1.29 is 4.79 Å². The minimum absolute atomic E-state index is 0.00973. The predicted molar refractivity (Wildman–Crippen MR) is 84.2 cm³/mol. The molecular formula is C16H21Cl2NO. The summed E-state index contributed by atoms with van der Waals surface area (Å²) in [6.07, 6.45) is 0. The van der Waals surface area contributed by atoms with Gasteiger partial charge in [-0.1, -0.05) is 44.2 Å². The summed E-state index contributed by atoms with van der Waals surface area (Å²) in [5, 5.41) is 0. The minimum Gasteiger partial charge on any atom is -0.334 e. The molecule has 110 valence electrons. The van der Waals surface area contributed by atoms with Crippen LogP contribution in [0.3, 0.4) is 0 Å². The number of benzene rings is 1. The number of hydrogen-bond donors (Lipinski definition) is 0. The van der Waals surface area contributed by atoms with Crippen molar-refractivity contribution in [1.29, 1.82) is 0 Å². The fourth-order valence-electron chi connectivity index (χ4n) is 2.97. The summed E-state index contributed by atoms with van der Waals surface area (Å²) in [7, 11) is 0. The Morgan fingerprint density at radius 2 is 1.90 bits per heavy atom. The third-order valence-corrected chi connectivity index (χ3v) is 5.66. The Morgan fingerprint density at radius 3 is 2.35 bits per heavy atom. The highest BCUT2D eigenvalue weighted by Crippen LogP contribution is 2.44. The van der Waals surface area contributed by atoms with E-state index >= 15 is 0 Å². The molecule has 0 spiro atoms. The van der Waals surface area contributed by atoms with Gasteiger partial charge in [0, 0.05) is 18.3 Å². The molecule has 1 fully saturated rings. The van der Waals surface area contributed by atoms with E-state index in [9.17, 15) is 4.79 Å². The molecule has 1 amide bonds. The van der Waals surface area contributed by atoms with Crippen molar-refractivity contribution in [3.05, 3.63) is 35.9 Å². The second-order valence-corrected chi connectivity index (χ2v) is 6.75. The van der Waals surface area contributed by atoms with Crippen molar-refractivity contribution in [2.24, 2.45) is 11.8 Å². The largest absolute Gasteiger partial charge is 0.334 e. The molecule has 2 rings (SSSR count). The quantitative estimate of drug-likeness (QED) is 0.767. The standard InChI is InChI=1S/C16H21Cl2NO/c1-11(2)16(18)14(9-17)10-19(15(16)20)12(3)13-7-5-4-6-8-13/h4-8,11-12,14H,9-10H2,1-3H3/t12-,14?,16?/m1/s1. The van der Waals surface area contributed by atoms with Crippen LogP contribution in [-0.4, -0.2) is 28.1 Å². The molecule has 1 aliphatic heterocycles. The number of carbonyl (C=O) groups is 1. The molecule has 1 aromatic rings. The number of rotatable bonds is 4. The molecule has 20 heavy (non-hydrogen) atoms. The van der Waals surface area contributed by atoms with Gasteiger partial charge < -0.3 is 4.90 Å². The summed E-state index contributed by atoms with van der Waals surface area (Å²) in [5.74, 6) is 0.472. The molecule has 0 radical (unpaired) electrons.